The van der Waals surface area contributed by atoms with Gasteiger partial charge in [0, 0.05) is 27.6 Å². The van der Waals surface area contributed by atoms with Crippen LogP contribution >= 0.6 is 0 Å². The number of fused-ring (bicyclic) bond motifs is 9. The monoisotopic (exact) mass is 423 g/mol. The molecule has 5 aromatic rings. The summed E-state index contributed by atoms with van der Waals surface area (Å²) < 4.78 is 9.06. The zero-order chi connectivity index (χ0) is 22.1. The molecule has 0 radical (unpaired) electrons. The lowest BCUT2D eigenvalue weighted by molar-refractivity contribution is 0.487. The lowest BCUT2D eigenvalue weighted by Gasteiger charge is -2.34. The Balaban J connectivity index is 1.62. The minimum Gasteiger partial charge on any atom is -0.458 e. The van der Waals surface area contributed by atoms with Crippen molar-refractivity contribution < 1.29 is 4.74 Å². The number of rotatable bonds is 0. The molecule has 0 saturated carbocycles. The summed E-state index contributed by atoms with van der Waals surface area (Å²) in [6.07, 6.45) is 0. The van der Waals surface area contributed by atoms with Crippen LogP contribution in [0, 0.1) is 6.92 Å². The number of ether oxygens (including phenoxy) is 1. The molecule has 3 heterocycles. The van der Waals surface area contributed by atoms with Crippen LogP contribution in [0.3, 0.4) is 0 Å². The number of aromatic nitrogens is 1. The molecule has 4 aromatic carbocycles. The summed E-state index contributed by atoms with van der Waals surface area (Å²) >= 11 is 0. The first kappa shape index (κ1) is 17.8. The third-order valence-corrected chi connectivity index (χ3v) is 8.06. The van der Waals surface area contributed by atoms with Crippen molar-refractivity contribution in [3.05, 3.63) is 95.6 Å². The van der Waals surface area contributed by atoms with Gasteiger partial charge in [-0.3, -0.25) is 0 Å². The standard InChI is InChI=1S/C30H22BNO/c1-17-15-23-27-25(16-17)33-24-14-7-6-12-21(24)31(27)22-13-8-10-19-26-29(32(23)28(19)22)18-9-4-5-11-20(18)30(26,2)3/h4-16H,1-3H3. The zero-order valence-corrected chi connectivity index (χ0v) is 18.9. The van der Waals surface area contributed by atoms with Crippen molar-refractivity contribution >= 4 is 34.0 Å². The molecule has 33 heavy (non-hydrogen) atoms. The van der Waals surface area contributed by atoms with E-state index >= 15 is 0 Å². The van der Waals surface area contributed by atoms with Crippen molar-refractivity contribution in [2.45, 2.75) is 26.2 Å². The third kappa shape index (κ3) is 1.94. The average molecular weight is 423 g/mol. The van der Waals surface area contributed by atoms with E-state index in [0.29, 0.717) is 0 Å². The average Bonchev–Trinajstić information content (AvgIpc) is 3.29. The van der Waals surface area contributed by atoms with E-state index in [-0.39, 0.29) is 12.1 Å². The summed E-state index contributed by atoms with van der Waals surface area (Å²) in [5.41, 5.74) is 13.3. The fourth-order valence-electron chi connectivity index (χ4n) is 6.81. The van der Waals surface area contributed by atoms with E-state index in [0.717, 1.165) is 11.5 Å². The van der Waals surface area contributed by atoms with E-state index in [1.807, 2.05) is 0 Å². The van der Waals surface area contributed by atoms with Gasteiger partial charge in [-0.15, -0.1) is 0 Å². The molecular formula is C30H22BNO. The van der Waals surface area contributed by atoms with Gasteiger partial charge in [-0.1, -0.05) is 74.5 Å². The van der Waals surface area contributed by atoms with E-state index in [9.17, 15) is 0 Å². The van der Waals surface area contributed by atoms with Gasteiger partial charge in [-0.2, -0.15) is 0 Å². The summed E-state index contributed by atoms with van der Waals surface area (Å²) in [6, 6.07) is 28.9. The van der Waals surface area contributed by atoms with Crippen LogP contribution in [-0.2, 0) is 5.41 Å². The van der Waals surface area contributed by atoms with Crippen molar-refractivity contribution in [2.75, 3.05) is 0 Å². The van der Waals surface area contributed by atoms with Crippen LogP contribution in [0.5, 0.6) is 11.5 Å². The molecule has 0 bridgehead atoms. The Labute approximate surface area is 193 Å². The second kappa shape index (κ2) is 5.61. The Morgan fingerprint density at radius 3 is 2.52 bits per heavy atom. The molecule has 1 aliphatic carbocycles. The van der Waals surface area contributed by atoms with E-state index in [1.54, 1.807) is 0 Å². The lowest BCUT2D eigenvalue weighted by atomic mass is 9.34. The van der Waals surface area contributed by atoms with E-state index < -0.39 is 0 Å². The molecule has 0 saturated heterocycles. The molecule has 156 valence electrons. The van der Waals surface area contributed by atoms with Gasteiger partial charge >= 0.3 is 0 Å². The molecule has 0 spiro atoms. The second-order valence-corrected chi connectivity index (χ2v) is 10.2. The Bertz CT molecular complexity index is 1690. The largest absolute Gasteiger partial charge is 0.458 e. The minimum absolute atomic E-state index is 0.0463. The maximum atomic E-state index is 6.51. The van der Waals surface area contributed by atoms with Crippen LogP contribution in [0.1, 0.15) is 30.5 Å². The molecule has 0 fully saturated rings. The summed E-state index contributed by atoms with van der Waals surface area (Å²) in [5.74, 6) is 1.96. The van der Waals surface area contributed by atoms with E-state index in [4.69, 9.17) is 4.74 Å². The van der Waals surface area contributed by atoms with Crippen LogP contribution in [0.15, 0.2) is 78.9 Å². The molecule has 0 amide bonds. The number of hydrogen-bond acceptors (Lipinski definition) is 1. The van der Waals surface area contributed by atoms with Crippen molar-refractivity contribution in [3.63, 3.8) is 0 Å². The van der Waals surface area contributed by atoms with Crippen LogP contribution < -0.4 is 21.1 Å². The Morgan fingerprint density at radius 1 is 0.818 bits per heavy atom. The molecule has 3 heteroatoms. The molecule has 2 aliphatic heterocycles. The number of benzene rings is 4. The van der Waals surface area contributed by atoms with Crippen molar-refractivity contribution in [1.82, 2.24) is 4.57 Å². The first-order chi connectivity index (χ1) is 16.1. The maximum Gasteiger partial charge on any atom is 0.256 e. The van der Waals surface area contributed by atoms with Gasteiger partial charge in [0.2, 0.25) is 0 Å². The van der Waals surface area contributed by atoms with Crippen LogP contribution in [0.2, 0.25) is 0 Å². The number of para-hydroxylation sites is 2. The van der Waals surface area contributed by atoms with Gasteiger partial charge < -0.3 is 9.30 Å². The first-order valence-corrected chi connectivity index (χ1v) is 11.7. The molecule has 2 nitrogen and oxygen atoms in total. The van der Waals surface area contributed by atoms with Gasteiger partial charge in [0.1, 0.15) is 11.5 Å². The topological polar surface area (TPSA) is 14.2 Å². The van der Waals surface area contributed by atoms with Crippen LogP contribution in [-0.4, -0.2) is 11.3 Å². The summed E-state index contributed by atoms with van der Waals surface area (Å²) in [7, 11) is 0. The third-order valence-electron chi connectivity index (χ3n) is 8.06. The highest BCUT2D eigenvalue weighted by atomic mass is 16.5. The van der Waals surface area contributed by atoms with Crippen LogP contribution in [0.4, 0.5) is 0 Å². The van der Waals surface area contributed by atoms with Crippen molar-refractivity contribution in [2.24, 2.45) is 0 Å². The second-order valence-electron chi connectivity index (χ2n) is 10.2. The Kier molecular flexibility index (Phi) is 3.02. The molecule has 0 unspecified atom stereocenters. The predicted molar refractivity (Wildman–Crippen MR) is 137 cm³/mol. The van der Waals surface area contributed by atoms with Crippen molar-refractivity contribution in [1.29, 1.82) is 0 Å². The Morgan fingerprint density at radius 2 is 1.61 bits per heavy atom. The molecule has 0 atom stereocenters. The fourth-order valence-corrected chi connectivity index (χ4v) is 6.81. The number of aryl methyl sites for hydroxylation is 1. The van der Waals surface area contributed by atoms with Gasteiger partial charge in [0.25, 0.3) is 6.71 Å². The smallest absolute Gasteiger partial charge is 0.256 e. The minimum atomic E-state index is -0.0463. The summed E-state index contributed by atoms with van der Waals surface area (Å²) in [6.45, 7) is 7.12. The SMILES string of the molecule is Cc1cc2c3c(c1)-n1c4c(c5cccc(c51)B3c1ccccc1O2)C(C)(C)c1ccccc1-4. The lowest BCUT2D eigenvalue weighted by Crippen LogP contribution is -2.58. The highest BCUT2D eigenvalue weighted by Crippen LogP contribution is 2.54. The number of nitrogens with zero attached hydrogens (tertiary/aromatic N) is 1. The van der Waals surface area contributed by atoms with E-state index in [2.05, 4.69) is 104 Å². The maximum absolute atomic E-state index is 6.51. The van der Waals surface area contributed by atoms with Gasteiger partial charge in [-0.05, 0) is 58.2 Å². The highest BCUT2D eigenvalue weighted by molar-refractivity contribution is 6.99. The summed E-state index contributed by atoms with van der Waals surface area (Å²) in [4.78, 5) is 0. The molecular weight excluding hydrogens is 401 g/mol. The quantitative estimate of drug-likeness (QED) is 0.307. The fraction of sp³-hybridized carbons (Fsp3) is 0.133. The molecule has 0 N–H and O–H groups in total. The summed E-state index contributed by atoms with van der Waals surface area (Å²) in [5, 5.41) is 1.38. The first-order valence-electron chi connectivity index (χ1n) is 11.7. The normalized spacial score (nSPS) is 15.5. The van der Waals surface area contributed by atoms with Gasteiger partial charge in [-0.25, -0.2) is 0 Å². The Hall–Kier alpha value is -3.72. The van der Waals surface area contributed by atoms with Crippen LogP contribution in [0.25, 0.3) is 27.8 Å². The molecule has 1 aromatic heterocycles. The van der Waals surface area contributed by atoms with E-state index in [1.165, 1.54) is 60.9 Å². The van der Waals surface area contributed by atoms with Gasteiger partial charge in [0.15, 0.2) is 0 Å². The van der Waals surface area contributed by atoms with Gasteiger partial charge in [0.05, 0.1) is 5.69 Å². The number of hydrogen-bond donors (Lipinski definition) is 0. The zero-order valence-electron chi connectivity index (χ0n) is 18.9. The molecule has 3 aliphatic rings. The molecule has 8 rings (SSSR count). The predicted octanol–water partition coefficient (Wildman–Crippen LogP) is 5.18. The van der Waals surface area contributed by atoms with Crippen molar-refractivity contribution in [3.8, 4) is 28.4 Å². The highest BCUT2D eigenvalue weighted by Gasteiger charge is 2.45.